The first-order valence-electron chi connectivity index (χ1n) is 12.1. The maximum atomic E-state index is 15.6. The summed E-state index contributed by atoms with van der Waals surface area (Å²) in [5, 5.41) is 11.8. The van der Waals surface area contributed by atoms with Crippen molar-refractivity contribution < 1.29 is 68.1 Å². The lowest BCUT2D eigenvalue weighted by Gasteiger charge is -2.31. The van der Waals surface area contributed by atoms with Gasteiger partial charge in [0, 0.05) is 12.1 Å². The van der Waals surface area contributed by atoms with E-state index < -0.39 is 88.4 Å². The SMILES string of the molecule is CCN(C(=O)c1ccccc1OC)c1cccc(C(=O)Nc2c(O)cc(C(F)(C(F)(F)F)C(F)(F)F)cc2OC(F)F)c1F. The molecule has 44 heavy (non-hydrogen) atoms. The van der Waals surface area contributed by atoms with E-state index in [1.807, 2.05) is 0 Å². The number of carbonyl (C=O) groups is 2. The number of nitrogens with one attached hydrogen (secondary N) is 1. The Morgan fingerprint density at radius 2 is 1.50 bits per heavy atom. The molecule has 7 nitrogen and oxygen atoms in total. The summed E-state index contributed by atoms with van der Waals surface area (Å²) in [4.78, 5) is 27.1. The number of alkyl halides is 9. The van der Waals surface area contributed by atoms with Crippen LogP contribution in [0.2, 0.25) is 0 Å². The molecule has 0 spiro atoms. The van der Waals surface area contributed by atoms with Crippen LogP contribution in [0.5, 0.6) is 17.2 Å². The van der Waals surface area contributed by atoms with Crippen molar-refractivity contribution >= 4 is 23.2 Å². The van der Waals surface area contributed by atoms with Crippen LogP contribution in [0.15, 0.2) is 54.6 Å². The molecule has 0 unspecified atom stereocenters. The number of halogens is 10. The number of carbonyl (C=O) groups excluding carboxylic acids is 2. The quantitative estimate of drug-likeness (QED) is 0.188. The van der Waals surface area contributed by atoms with Gasteiger partial charge < -0.3 is 24.8 Å². The molecule has 2 N–H and O–H groups in total. The Kier molecular flexibility index (Phi) is 9.60. The van der Waals surface area contributed by atoms with Crippen molar-refractivity contribution in [1.82, 2.24) is 0 Å². The van der Waals surface area contributed by atoms with Gasteiger partial charge >= 0.3 is 24.6 Å². The van der Waals surface area contributed by atoms with Gasteiger partial charge in [-0.1, -0.05) is 18.2 Å². The lowest BCUT2D eigenvalue weighted by atomic mass is 9.93. The van der Waals surface area contributed by atoms with Crippen molar-refractivity contribution in [3.05, 3.63) is 77.1 Å². The fourth-order valence-electron chi connectivity index (χ4n) is 4.08. The molecular formula is C27H20F10N2O5. The number of anilines is 2. The van der Waals surface area contributed by atoms with Crippen LogP contribution in [0, 0.1) is 5.82 Å². The summed E-state index contributed by atoms with van der Waals surface area (Å²) < 4.78 is 145. The van der Waals surface area contributed by atoms with E-state index in [1.165, 1.54) is 32.2 Å². The third kappa shape index (κ3) is 6.30. The number of nitrogens with zero attached hydrogens (tertiary/aromatic N) is 1. The number of rotatable bonds is 9. The summed E-state index contributed by atoms with van der Waals surface area (Å²) in [6.45, 7) is -2.65. The lowest BCUT2D eigenvalue weighted by molar-refractivity contribution is -0.348. The van der Waals surface area contributed by atoms with Crippen molar-refractivity contribution in [2.45, 2.75) is 31.6 Å². The van der Waals surface area contributed by atoms with Gasteiger partial charge in [-0.2, -0.15) is 35.1 Å². The van der Waals surface area contributed by atoms with Crippen LogP contribution >= 0.6 is 0 Å². The average molecular weight is 642 g/mol. The minimum absolute atomic E-state index is 0.00607. The van der Waals surface area contributed by atoms with Gasteiger partial charge in [0.15, 0.2) is 11.6 Å². The molecule has 0 saturated carbocycles. The molecule has 0 radical (unpaired) electrons. The fraction of sp³-hybridized carbons (Fsp3) is 0.259. The molecule has 0 aliphatic rings. The number of hydrogen-bond donors (Lipinski definition) is 2. The minimum Gasteiger partial charge on any atom is -0.506 e. The van der Waals surface area contributed by atoms with Crippen molar-refractivity contribution in [3.8, 4) is 17.2 Å². The second kappa shape index (κ2) is 12.5. The number of benzene rings is 3. The van der Waals surface area contributed by atoms with Crippen molar-refractivity contribution in [2.75, 3.05) is 23.9 Å². The number of phenols is 1. The largest absolute Gasteiger partial charge is 0.506 e. The molecule has 0 fully saturated rings. The van der Waals surface area contributed by atoms with Crippen LogP contribution < -0.4 is 19.7 Å². The molecule has 0 heterocycles. The second-order valence-electron chi connectivity index (χ2n) is 8.74. The third-order valence-electron chi connectivity index (χ3n) is 6.13. The highest BCUT2D eigenvalue weighted by Crippen LogP contribution is 2.55. The minimum atomic E-state index is -6.68. The molecule has 0 bridgehead atoms. The summed E-state index contributed by atoms with van der Waals surface area (Å²) in [6, 6.07) is 8.04. The van der Waals surface area contributed by atoms with E-state index in [9.17, 15) is 54.2 Å². The summed E-state index contributed by atoms with van der Waals surface area (Å²) >= 11 is 0. The van der Waals surface area contributed by atoms with Gasteiger partial charge in [0.25, 0.3) is 11.8 Å². The molecule has 0 aliphatic heterocycles. The first-order valence-corrected chi connectivity index (χ1v) is 12.1. The Hall–Kier alpha value is -4.70. The topological polar surface area (TPSA) is 88.1 Å². The third-order valence-corrected chi connectivity index (χ3v) is 6.13. The zero-order chi connectivity index (χ0) is 33.2. The highest BCUT2D eigenvalue weighted by Gasteiger charge is 2.73. The van der Waals surface area contributed by atoms with Crippen LogP contribution in [0.1, 0.15) is 33.2 Å². The molecule has 0 saturated heterocycles. The number of hydrogen-bond acceptors (Lipinski definition) is 5. The number of ether oxygens (including phenoxy) is 2. The molecule has 0 aliphatic carbocycles. The maximum Gasteiger partial charge on any atom is 0.435 e. The first kappa shape index (κ1) is 33.8. The van der Waals surface area contributed by atoms with E-state index in [0.29, 0.717) is 0 Å². The van der Waals surface area contributed by atoms with E-state index >= 15 is 4.39 Å². The number of phenolic OH excluding ortho intramolecular Hbond substituents is 1. The average Bonchev–Trinajstić information content (AvgIpc) is 2.93. The highest BCUT2D eigenvalue weighted by molar-refractivity contribution is 6.10. The van der Waals surface area contributed by atoms with Crippen molar-refractivity contribution in [3.63, 3.8) is 0 Å². The van der Waals surface area contributed by atoms with Crippen LogP contribution in [0.3, 0.4) is 0 Å². The van der Waals surface area contributed by atoms with Crippen molar-refractivity contribution in [1.29, 1.82) is 0 Å². The maximum absolute atomic E-state index is 15.6. The van der Waals surface area contributed by atoms with Gasteiger partial charge in [0.2, 0.25) is 0 Å². The second-order valence-corrected chi connectivity index (χ2v) is 8.74. The van der Waals surface area contributed by atoms with Crippen LogP contribution in [0.25, 0.3) is 0 Å². The van der Waals surface area contributed by atoms with E-state index in [1.54, 1.807) is 11.4 Å². The summed E-state index contributed by atoms with van der Waals surface area (Å²) in [6.07, 6.45) is -13.4. The highest BCUT2D eigenvalue weighted by atomic mass is 19.4. The molecule has 0 atom stereocenters. The van der Waals surface area contributed by atoms with Crippen LogP contribution in [0.4, 0.5) is 55.3 Å². The van der Waals surface area contributed by atoms with Gasteiger partial charge in [-0.25, -0.2) is 8.78 Å². The Balaban J connectivity index is 2.08. The standard InChI is InChI=1S/C27H20F10N2O5/c1-3-39(23(42)14-7-4-5-10-18(14)43-2)16-9-6-8-15(20(16)28)22(41)38-21-17(40)11-13(12-19(21)44-24(29)30)25(31,26(32,33)34)27(35,36)37/h4-12,24,40H,3H2,1-2H3,(H,38,41). The van der Waals surface area contributed by atoms with Gasteiger partial charge in [-0.3, -0.25) is 9.59 Å². The molecule has 3 aromatic rings. The summed E-state index contributed by atoms with van der Waals surface area (Å²) in [5.74, 6) is -7.07. The summed E-state index contributed by atoms with van der Waals surface area (Å²) in [5.41, 5.74) is -11.3. The predicted molar refractivity (Wildman–Crippen MR) is 134 cm³/mol. The smallest absolute Gasteiger partial charge is 0.435 e. The predicted octanol–water partition coefficient (Wildman–Crippen LogP) is 7.35. The number of methoxy groups -OCH3 is 1. The number of para-hydroxylation sites is 1. The lowest BCUT2D eigenvalue weighted by Crippen LogP contribution is -2.50. The van der Waals surface area contributed by atoms with Crippen molar-refractivity contribution in [2.24, 2.45) is 0 Å². The molecule has 17 heteroatoms. The molecule has 3 rings (SSSR count). The van der Waals surface area contributed by atoms with E-state index in [0.717, 1.165) is 23.1 Å². The molecule has 3 aromatic carbocycles. The zero-order valence-corrected chi connectivity index (χ0v) is 22.3. The van der Waals surface area contributed by atoms with E-state index in [2.05, 4.69) is 4.74 Å². The zero-order valence-electron chi connectivity index (χ0n) is 22.3. The number of aromatic hydroxyl groups is 1. The monoisotopic (exact) mass is 642 g/mol. The van der Waals surface area contributed by atoms with E-state index in [-0.39, 0.29) is 17.9 Å². The van der Waals surface area contributed by atoms with Gasteiger partial charge in [0.1, 0.15) is 17.2 Å². The normalized spacial score (nSPS) is 12.2. The Labute approximate surface area is 241 Å². The van der Waals surface area contributed by atoms with Gasteiger partial charge in [-0.05, 0) is 43.3 Å². The Morgan fingerprint density at radius 3 is 2.05 bits per heavy atom. The van der Waals surface area contributed by atoms with Crippen LogP contribution in [-0.2, 0) is 5.67 Å². The van der Waals surface area contributed by atoms with Gasteiger partial charge in [0.05, 0.1) is 23.9 Å². The van der Waals surface area contributed by atoms with Gasteiger partial charge in [-0.15, -0.1) is 0 Å². The fourth-order valence-corrected chi connectivity index (χ4v) is 4.08. The Bertz CT molecular complexity index is 1530. The van der Waals surface area contributed by atoms with Crippen LogP contribution in [-0.4, -0.2) is 49.5 Å². The molecule has 238 valence electrons. The molecule has 0 aromatic heterocycles. The number of amides is 2. The first-order chi connectivity index (χ1) is 20.4. The Morgan fingerprint density at radius 1 is 0.909 bits per heavy atom. The summed E-state index contributed by atoms with van der Waals surface area (Å²) in [7, 11) is 1.28. The van der Waals surface area contributed by atoms with E-state index in [4.69, 9.17) is 4.74 Å². The molecular weight excluding hydrogens is 622 g/mol. The molecule has 2 amide bonds.